The number of rotatable bonds is 5. The normalized spacial score (nSPS) is 19.5. The molecule has 1 aromatic rings. The van der Waals surface area contributed by atoms with E-state index in [1.165, 1.54) is 7.11 Å². The molecular formula is C16H21F3N2O2. The van der Waals surface area contributed by atoms with Gasteiger partial charge in [0.1, 0.15) is 11.8 Å². The van der Waals surface area contributed by atoms with Gasteiger partial charge in [-0.1, -0.05) is 12.1 Å². The molecule has 1 amide bonds. The van der Waals surface area contributed by atoms with Gasteiger partial charge in [-0.15, -0.1) is 0 Å². The summed E-state index contributed by atoms with van der Waals surface area (Å²) in [6.45, 7) is 3.31. The zero-order valence-electron chi connectivity index (χ0n) is 13.4. The van der Waals surface area contributed by atoms with E-state index in [2.05, 4.69) is 5.43 Å². The molecule has 1 aliphatic rings. The van der Waals surface area contributed by atoms with Crippen LogP contribution in [-0.4, -0.2) is 36.8 Å². The molecule has 1 heterocycles. The minimum Gasteiger partial charge on any atom is -0.497 e. The molecule has 0 aliphatic carbocycles. The Hall–Kier alpha value is -1.76. The van der Waals surface area contributed by atoms with Crippen molar-refractivity contribution in [3.05, 3.63) is 29.8 Å². The fourth-order valence-electron chi connectivity index (χ4n) is 2.63. The van der Waals surface area contributed by atoms with Gasteiger partial charge in [-0.05, 0) is 44.4 Å². The highest BCUT2D eigenvalue weighted by Gasteiger charge is 2.49. The standard InChI is InChI=1S/C16H21F3N2O2/c1-15(2)10-21(20-14(15)22)13(16(17,18)19)8-7-11-5-4-6-12(9-11)23-3/h4-6,9,13H,7-8,10H2,1-3H3,(H,20,22)/t13-/m0/s1. The van der Waals surface area contributed by atoms with Crippen LogP contribution >= 0.6 is 0 Å². The first-order chi connectivity index (χ1) is 10.6. The zero-order chi connectivity index (χ0) is 17.3. The van der Waals surface area contributed by atoms with Crippen molar-refractivity contribution in [2.75, 3.05) is 13.7 Å². The number of nitrogens with zero attached hydrogens (tertiary/aromatic N) is 1. The molecule has 7 heteroatoms. The second kappa shape index (κ2) is 6.39. The van der Waals surface area contributed by atoms with Gasteiger partial charge in [0.2, 0.25) is 5.91 Å². The zero-order valence-corrected chi connectivity index (χ0v) is 13.4. The highest BCUT2D eigenvalue weighted by atomic mass is 19.4. The summed E-state index contributed by atoms with van der Waals surface area (Å²) in [5.74, 6) is 0.231. The molecule has 1 atom stereocenters. The lowest BCUT2D eigenvalue weighted by Gasteiger charge is -2.29. The van der Waals surface area contributed by atoms with Crippen LogP contribution < -0.4 is 10.2 Å². The maximum atomic E-state index is 13.4. The molecule has 1 aromatic carbocycles. The van der Waals surface area contributed by atoms with Crippen molar-refractivity contribution in [2.24, 2.45) is 5.41 Å². The number of alkyl halides is 3. The SMILES string of the molecule is COc1cccc(CC[C@H](N2CC(C)(C)C(=O)N2)C(F)(F)F)c1. The number of hydrogen-bond donors (Lipinski definition) is 1. The topological polar surface area (TPSA) is 41.6 Å². The first kappa shape index (κ1) is 17.6. The molecule has 4 nitrogen and oxygen atoms in total. The highest BCUT2D eigenvalue weighted by molar-refractivity contribution is 5.83. The monoisotopic (exact) mass is 330 g/mol. The van der Waals surface area contributed by atoms with E-state index in [-0.39, 0.29) is 25.3 Å². The molecule has 1 aliphatic heterocycles. The molecule has 128 valence electrons. The summed E-state index contributed by atoms with van der Waals surface area (Å²) in [6, 6.07) is 5.27. The van der Waals surface area contributed by atoms with Crippen molar-refractivity contribution < 1.29 is 22.7 Å². The Balaban J connectivity index is 2.10. The molecule has 0 unspecified atom stereocenters. The number of carbonyl (C=O) groups is 1. The number of hydrogen-bond acceptors (Lipinski definition) is 3. The third-order valence-corrected chi connectivity index (χ3v) is 4.02. The van der Waals surface area contributed by atoms with Gasteiger partial charge in [-0.2, -0.15) is 13.2 Å². The lowest BCUT2D eigenvalue weighted by molar-refractivity contribution is -0.190. The summed E-state index contributed by atoms with van der Waals surface area (Å²) in [5.41, 5.74) is 2.31. The summed E-state index contributed by atoms with van der Waals surface area (Å²) in [5, 5.41) is 1.02. The molecule has 1 N–H and O–H groups in total. The maximum Gasteiger partial charge on any atom is 0.405 e. The number of benzene rings is 1. The Labute approximate surface area is 133 Å². The van der Waals surface area contributed by atoms with Crippen molar-refractivity contribution >= 4 is 5.91 Å². The van der Waals surface area contributed by atoms with Gasteiger partial charge in [-0.3, -0.25) is 10.2 Å². The molecule has 0 spiro atoms. The Kier molecular flexibility index (Phi) is 4.89. The quantitative estimate of drug-likeness (QED) is 0.902. The smallest absolute Gasteiger partial charge is 0.405 e. The average Bonchev–Trinajstić information content (AvgIpc) is 2.71. The van der Waals surface area contributed by atoms with E-state index in [4.69, 9.17) is 4.74 Å². The minimum atomic E-state index is -4.41. The van der Waals surface area contributed by atoms with E-state index in [1.807, 2.05) is 0 Å². The molecule has 2 rings (SSSR count). The summed E-state index contributed by atoms with van der Waals surface area (Å²) >= 11 is 0. The Morgan fingerprint density at radius 2 is 2.09 bits per heavy atom. The largest absolute Gasteiger partial charge is 0.497 e. The van der Waals surface area contributed by atoms with Gasteiger partial charge in [-0.25, -0.2) is 5.01 Å². The van der Waals surface area contributed by atoms with Gasteiger partial charge >= 0.3 is 6.18 Å². The first-order valence-electron chi connectivity index (χ1n) is 7.41. The third-order valence-electron chi connectivity index (χ3n) is 4.02. The van der Waals surface area contributed by atoms with Gasteiger partial charge < -0.3 is 4.74 Å². The molecule has 1 saturated heterocycles. The van der Waals surface area contributed by atoms with E-state index >= 15 is 0 Å². The number of nitrogens with one attached hydrogen (secondary N) is 1. The van der Waals surface area contributed by atoms with Crippen LogP contribution in [-0.2, 0) is 11.2 Å². The molecular weight excluding hydrogens is 309 g/mol. The maximum absolute atomic E-state index is 13.4. The van der Waals surface area contributed by atoms with Crippen molar-refractivity contribution in [2.45, 2.75) is 38.9 Å². The number of hydrazine groups is 1. The Bertz CT molecular complexity index is 573. The number of carbonyl (C=O) groups excluding carboxylic acids is 1. The molecule has 0 aromatic heterocycles. The minimum absolute atomic E-state index is 0.0358. The summed E-state index contributed by atoms with van der Waals surface area (Å²) in [4.78, 5) is 11.8. The van der Waals surface area contributed by atoms with Crippen LogP contribution in [0.25, 0.3) is 0 Å². The van der Waals surface area contributed by atoms with Crippen molar-refractivity contribution in [1.29, 1.82) is 0 Å². The summed E-state index contributed by atoms with van der Waals surface area (Å²) in [7, 11) is 1.51. The van der Waals surface area contributed by atoms with Crippen LogP contribution in [0.4, 0.5) is 13.2 Å². The van der Waals surface area contributed by atoms with Gasteiger partial charge in [0.25, 0.3) is 0 Å². The number of ether oxygens (including phenoxy) is 1. The fraction of sp³-hybridized carbons (Fsp3) is 0.562. The average molecular weight is 330 g/mol. The van der Waals surface area contributed by atoms with E-state index in [0.29, 0.717) is 5.75 Å². The number of methoxy groups -OCH3 is 1. The van der Waals surface area contributed by atoms with Gasteiger partial charge in [0.15, 0.2) is 0 Å². The second-order valence-electron chi connectivity index (χ2n) is 6.40. The van der Waals surface area contributed by atoms with E-state index < -0.39 is 17.6 Å². The van der Waals surface area contributed by atoms with Crippen LogP contribution in [0.15, 0.2) is 24.3 Å². The Morgan fingerprint density at radius 3 is 2.61 bits per heavy atom. The van der Waals surface area contributed by atoms with Crippen LogP contribution in [0.1, 0.15) is 25.8 Å². The van der Waals surface area contributed by atoms with Gasteiger partial charge in [0.05, 0.1) is 12.5 Å². The van der Waals surface area contributed by atoms with E-state index in [0.717, 1.165) is 10.6 Å². The molecule has 0 radical (unpaired) electrons. The van der Waals surface area contributed by atoms with E-state index in [9.17, 15) is 18.0 Å². The van der Waals surface area contributed by atoms with Crippen LogP contribution in [0.5, 0.6) is 5.75 Å². The fourth-order valence-corrected chi connectivity index (χ4v) is 2.63. The summed E-state index contributed by atoms with van der Waals surface area (Å²) in [6.07, 6.45) is -4.30. The number of amides is 1. The third kappa shape index (κ3) is 4.16. The predicted octanol–water partition coefficient (Wildman–Crippen LogP) is 2.93. The lowest BCUT2D eigenvalue weighted by atomic mass is 9.94. The number of aryl methyl sites for hydroxylation is 1. The predicted molar refractivity (Wildman–Crippen MR) is 79.8 cm³/mol. The van der Waals surface area contributed by atoms with Crippen LogP contribution in [0.2, 0.25) is 0 Å². The van der Waals surface area contributed by atoms with Gasteiger partial charge in [0, 0.05) is 6.54 Å². The van der Waals surface area contributed by atoms with Crippen LogP contribution in [0, 0.1) is 5.41 Å². The Morgan fingerprint density at radius 1 is 1.39 bits per heavy atom. The lowest BCUT2D eigenvalue weighted by Crippen LogP contribution is -2.50. The van der Waals surface area contributed by atoms with Crippen molar-refractivity contribution in [1.82, 2.24) is 10.4 Å². The highest BCUT2D eigenvalue weighted by Crippen LogP contribution is 2.33. The van der Waals surface area contributed by atoms with E-state index in [1.54, 1.807) is 38.1 Å². The second-order valence-corrected chi connectivity index (χ2v) is 6.40. The van der Waals surface area contributed by atoms with Crippen molar-refractivity contribution in [3.8, 4) is 5.75 Å². The number of halogens is 3. The molecule has 1 fully saturated rings. The molecule has 0 bridgehead atoms. The molecule has 0 saturated carbocycles. The first-order valence-corrected chi connectivity index (χ1v) is 7.41. The van der Waals surface area contributed by atoms with Crippen molar-refractivity contribution in [3.63, 3.8) is 0 Å². The molecule has 23 heavy (non-hydrogen) atoms. The summed E-state index contributed by atoms with van der Waals surface area (Å²) < 4.78 is 45.2. The van der Waals surface area contributed by atoms with Crippen LogP contribution in [0.3, 0.4) is 0 Å².